The lowest BCUT2D eigenvalue weighted by molar-refractivity contribution is -0.253. The van der Waals surface area contributed by atoms with Gasteiger partial charge in [0, 0.05) is 32.4 Å². The fourth-order valence-electron chi connectivity index (χ4n) is 3.96. The largest absolute Gasteiger partial charge is 0.478 e. The fraction of sp³-hybridized carbons (Fsp3) is 0.241. The van der Waals surface area contributed by atoms with Gasteiger partial charge in [0.05, 0.1) is 23.3 Å². The number of hydroxylamine groups is 1. The number of carbonyl (C=O) groups is 4. The second-order valence-corrected chi connectivity index (χ2v) is 8.79. The minimum atomic E-state index is -1.30. The van der Waals surface area contributed by atoms with Gasteiger partial charge in [-0.1, -0.05) is 18.2 Å². The SMILES string of the molecule is CNOCc1cc(-c2ccc(C(=O)O)c(C(=O)Nc3cc(NC)cc(C(=O)OCCOC(C)=O)c3)c2)ccc1COO. The smallest absolute Gasteiger partial charge is 0.338 e. The Bertz CT molecular complexity index is 1460. The van der Waals surface area contributed by atoms with E-state index >= 15 is 0 Å². The Morgan fingerprint density at radius 2 is 1.48 bits per heavy atom. The van der Waals surface area contributed by atoms with Gasteiger partial charge in [-0.15, -0.1) is 0 Å². The van der Waals surface area contributed by atoms with Crippen molar-refractivity contribution in [2.45, 2.75) is 20.1 Å². The Morgan fingerprint density at radius 3 is 2.14 bits per heavy atom. The quantitative estimate of drug-likeness (QED) is 0.0807. The van der Waals surface area contributed by atoms with Crippen molar-refractivity contribution in [3.63, 3.8) is 0 Å². The van der Waals surface area contributed by atoms with Gasteiger partial charge in [-0.25, -0.2) is 20.0 Å². The maximum absolute atomic E-state index is 13.4. The highest BCUT2D eigenvalue weighted by Crippen LogP contribution is 2.27. The van der Waals surface area contributed by atoms with Crippen molar-refractivity contribution < 1.29 is 48.7 Å². The predicted molar refractivity (Wildman–Crippen MR) is 151 cm³/mol. The molecular formula is C29H31N3O10. The highest BCUT2D eigenvalue weighted by Gasteiger charge is 2.20. The van der Waals surface area contributed by atoms with E-state index in [0.29, 0.717) is 27.9 Å². The molecule has 0 saturated heterocycles. The molecular weight excluding hydrogens is 550 g/mol. The maximum atomic E-state index is 13.4. The van der Waals surface area contributed by atoms with Crippen LogP contribution in [0.5, 0.6) is 0 Å². The molecule has 1 amide bonds. The number of hydrogen-bond acceptors (Lipinski definition) is 11. The summed E-state index contributed by atoms with van der Waals surface area (Å²) in [6.07, 6.45) is 0. The number of hydrogen-bond donors (Lipinski definition) is 5. The molecule has 222 valence electrons. The van der Waals surface area contributed by atoms with Crippen LogP contribution in [-0.2, 0) is 37.2 Å². The number of carbonyl (C=O) groups excluding carboxylic acids is 3. The molecule has 0 fully saturated rings. The molecule has 0 spiro atoms. The third kappa shape index (κ3) is 8.59. The molecule has 0 bridgehead atoms. The second kappa shape index (κ2) is 15.3. The summed E-state index contributed by atoms with van der Waals surface area (Å²) in [5.74, 6) is -3.24. The second-order valence-electron chi connectivity index (χ2n) is 8.79. The molecule has 0 unspecified atom stereocenters. The van der Waals surface area contributed by atoms with Crippen LogP contribution >= 0.6 is 0 Å². The van der Waals surface area contributed by atoms with Crippen LogP contribution in [0, 0.1) is 0 Å². The Kier molecular flexibility index (Phi) is 11.5. The summed E-state index contributed by atoms with van der Waals surface area (Å²) in [6.45, 7) is 1.06. The molecule has 5 N–H and O–H groups in total. The van der Waals surface area contributed by atoms with Crippen molar-refractivity contribution in [2.24, 2.45) is 0 Å². The van der Waals surface area contributed by atoms with Gasteiger partial charge in [0.25, 0.3) is 5.91 Å². The molecule has 13 nitrogen and oxygen atoms in total. The molecule has 3 rings (SSSR count). The lowest BCUT2D eigenvalue weighted by Gasteiger charge is -2.14. The molecule has 42 heavy (non-hydrogen) atoms. The summed E-state index contributed by atoms with van der Waals surface area (Å²) in [6, 6.07) is 14.0. The number of carboxylic acids is 1. The van der Waals surface area contributed by atoms with Gasteiger partial charge in [-0.2, -0.15) is 0 Å². The van der Waals surface area contributed by atoms with Crippen molar-refractivity contribution in [3.05, 3.63) is 82.4 Å². The summed E-state index contributed by atoms with van der Waals surface area (Å²) in [5.41, 5.74) is 5.60. The lowest BCUT2D eigenvalue weighted by atomic mass is 9.95. The number of nitrogens with one attached hydrogen (secondary N) is 3. The highest BCUT2D eigenvalue weighted by atomic mass is 17.1. The van der Waals surface area contributed by atoms with Gasteiger partial charge in [0.2, 0.25) is 0 Å². The molecule has 3 aromatic carbocycles. The topological polar surface area (TPSA) is 182 Å². The molecule has 0 saturated carbocycles. The molecule has 3 aromatic rings. The van der Waals surface area contributed by atoms with E-state index in [1.807, 2.05) is 0 Å². The van der Waals surface area contributed by atoms with Gasteiger partial charge in [0.15, 0.2) is 0 Å². The van der Waals surface area contributed by atoms with Crippen LogP contribution in [-0.4, -0.2) is 61.5 Å². The number of carboxylic acid groups (broad SMARTS) is 1. The zero-order chi connectivity index (χ0) is 30.6. The van der Waals surface area contributed by atoms with Crippen molar-refractivity contribution >= 4 is 35.2 Å². The lowest BCUT2D eigenvalue weighted by Crippen LogP contribution is -2.17. The Hall–Kier alpha value is -4.82. The average Bonchev–Trinajstić information content (AvgIpc) is 2.98. The first kappa shape index (κ1) is 31.7. The van der Waals surface area contributed by atoms with Crippen LogP contribution < -0.4 is 16.1 Å². The molecule has 0 aliphatic heterocycles. The van der Waals surface area contributed by atoms with Crippen molar-refractivity contribution in [2.75, 3.05) is 37.9 Å². The predicted octanol–water partition coefficient (Wildman–Crippen LogP) is 3.71. The Labute approximate surface area is 241 Å². The van der Waals surface area contributed by atoms with E-state index < -0.39 is 23.8 Å². The number of rotatable bonds is 14. The van der Waals surface area contributed by atoms with Crippen LogP contribution in [0.3, 0.4) is 0 Å². The van der Waals surface area contributed by atoms with Gasteiger partial charge >= 0.3 is 17.9 Å². The molecule has 0 aliphatic carbocycles. The number of aromatic carboxylic acids is 1. The average molecular weight is 582 g/mol. The zero-order valence-electron chi connectivity index (χ0n) is 23.2. The van der Waals surface area contributed by atoms with E-state index in [1.165, 1.54) is 31.2 Å². The van der Waals surface area contributed by atoms with Crippen molar-refractivity contribution in [1.82, 2.24) is 5.48 Å². The molecule has 0 aromatic heterocycles. The van der Waals surface area contributed by atoms with E-state index in [9.17, 15) is 24.3 Å². The number of esters is 2. The third-order valence-corrected chi connectivity index (χ3v) is 5.96. The van der Waals surface area contributed by atoms with E-state index in [-0.39, 0.29) is 48.8 Å². The molecule has 0 heterocycles. The summed E-state index contributed by atoms with van der Waals surface area (Å²) in [5, 5.41) is 24.2. The van der Waals surface area contributed by atoms with Crippen molar-refractivity contribution in [3.8, 4) is 11.1 Å². The summed E-state index contributed by atoms with van der Waals surface area (Å²) in [7, 11) is 3.22. The first-order valence-electron chi connectivity index (χ1n) is 12.7. The van der Waals surface area contributed by atoms with Crippen LogP contribution in [0.25, 0.3) is 11.1 Å². The third-order valence-electron chi connectivity index (χ3n) is 5.96. The minimum Gasteiger partial charge on any atom is -0.478 e. The maximum Gasteiger partial charge on any atom is 0.338 e. The summed E-state index contributed by atoms with van der Waals surface area (Å²) < 4.78 is 9.88. The number of ether oxygens (including phenoxy) is 2. The Morgan fingerprint density at radius 1 is 0.786 bits per heavy atom. The Balaban J connectivity index is 1.91. The van der Waals surface area contributed by atoms with Gasteiger partial charge in [-0.05, 0) is 58.7 Å². The van der Waals surface area contributed by atoms with E-state index in [4.69, 9.17) is 19.6 Å². The van der Waals surface area contributed by atoms with Crippen LogP contribution in [0.15, 0.2) is 54.6 Å². The van der Waals surface area contributed by atoms with Crippen LogP contribution in [0.4, 0.5) is 11.4 Å². The van der Waals surface area contributed by atoms with Crippen LogP contribution in [0.2, 0.25) is 0 Å². The monoisotopic (exact) mass is 581 g/mol. The molecule has 13 heteroatoms. The van der Waals surface area contributed by atoms with Crippen LogP contribution in [0.1, 0.15) is 49.1 Å². The van der Waals surface area contributed by atoms with Gasteiger partial charge < -0.3 is 25.2 Å². The summed E-state index contributed by atoms with van der Waals surface area (Å²) >= 11 is 0. The number of anilines is 2. The first-order valence-corrected chi connectivity index (χ1v) is 12.7. The molecule has 0 aliphatic rings. The summed E-state index contributed by atoms with van der Waals surface area (Å²) in [4.78, 5) is 58.4. The van der Waals surface area contributed by atoms with Crippen molar-refractivity contribution in [1.29, 1.82) is 0 Å². The standard InChI is InChI=1S/C29H31N3O10/c1-17(33)39-8-9-40-29(37)21-11-23(30-2)14-24(12-21)32-27(34)26-13-19(6-7-25(26)28(35)36)18-4-5-20(16-42-38)22(10-18)15-41-31-3/h4-7,10-14,30-31,38H,8-9,15-16H2,1-3H3,(H,32,34)(H,35,36). The molecule has 0 atom stereocenters. The van der Waals surface area contributed by atoms with E-state index in [2.05, 4.69) is 21.0 Å². The van der Waals surface area contributed by atoms with E-state index in [0.717, 1.165) is 0 Å². The molecule has 0 radical (unpaired) electrons. The van der Waals surface area contributed by atoms with Gasteiger partial charge in [-0.3, -0.25) is 19.7 Å². The highest BCUT2D eigenvalue weighted by molar-refractivity contribution is 6.12. The normalized spacial score (nSPS) is 10.6. The fourth-order valence-corrected chi connectivity index (χ4v) is 3.96. The number of benzene rings is 3. The minimum absolute atomic E-state index is 0.0678. The zero-order valence-corrected chi connectivity index (χ0v) is 23.2. The van der Waals surface area contributed by atoms with Gasteiger partial charge in [0.1, 0.15) is 19.8 Å². The first-order chi connectivity index (χ1) is 20.2. The number of amides is 1. The van der Waals surface area contributed by atoms with E-state index in [1.54, 1.807) is 44.4 Å².